The predicted octanol–water partition coefficient (Wildman–Crippen LogP) is 4.86. The van der Waals surface area contributed by atoms with Gasteiger partial charge in [0.25, 0.3) is 0 Å². The molecular weight excluding hydrogens is 488 g/mol. The van der Waals surface area contributed by atoms with Crippen molar-refractivity contribution in [2.45, 2.75) is 6.42 Å². The van der Waals surface area contributed by atoms with Crippen LogP contribution < -0.4 is 14.5 Å². The first-order valence-corrected chi connectivity index (χ1v) is 15.1. The van der Waals surface area contributed by atoms with Crippen molar-refractivity contribution in [2.24, 2.45) is 0 Å². The number of hydrogen-bond acceptors (Lipinski definition) is 7. The molecule has 0 radical (unpaired) electrons. The van der Waals surface area contributed by atoms with Gasteiger partial charge in [-0.25, -0.2) is 0 Å². The van der Waals surface area contributed by atoms with Crippen molar-refractivity contribution in [3.8, 4) is 5.75 Å². The number of carbonyl (C=O) groups excluding carboxylic acids is 1. The molecule has 0 bridgehead atoms. The lowest BCUT2D eigenvalue weighted by Crippen LogP contribution is -2.43. The molecule has 200 valence electrons. The minimum atomic E-state index is 0.726. The first-order valence-electron chi connectivity index (χ1n) is 12.6. The molecule has 0 aromatic heterocycles. The number of likely N-dealkylation sites (N-methyl/N-ethyl adjacent to an activating group) is 2. The molecule has 8 heteroatoms. The van der Waals surface area contributed by atoms with Gasteiger partial charge in [-0.05, 0) is 55.6 Å². The van der Waals surface area contributed by atoms with Crippen molar-refractivity contribution in [3.05, 3.63) is 54.1 Å². The molecule has 0 aliphatic rings. The van der Waals surface area contributed by atoms with Crippen LogP contribution in [0.2, 0.25) is 0 Å². The van der Waals surface area contributed by atoms with Crippen LogP contribution in [0.3, 0.4) is 0 Å². The Morgan fingerprint density at radius 3 is 1.97 bits per heavy atom. The highest BCUT2D eigenvalue weighted by molar-refractivity contribution is 8.76. The average Bonchev–Trinajstić information content (AvgIpc) is 2.89. The second-order valence-corrected chi connectivity index (χ2v) is 12.6. The minimum Gasteiger partial charge on any atom is -0.497 e. The van der Waals surface area contributed by atoms with Crippen LogP contribution in [-0.4, -0.2) is 109 Å². The number of ether oxygens (including phenoxy) is 1. The highest BCUT2D eigenvalue weighted by Crippen LogP contribution is 2.22. The number of quaternary nitrogens is 1. The van der Waals surface area contributed by atoms with Gasteiger partial charge in [-0.1, -0.05) is 21.6 Å². The highest BCUT2D eigenvalue weighted by Gasteiger charge is 2.15. The van der Waals surface area contributed by atoms with E-state index in [2.05, 4.69) is 62.1 Å². The van der Waals surface area contributed by atoms with Crippen molar-refractivity contribution in [1.82, 2.24) is 4.90 Å². The summed E-state index contributed by atoms with van der Waals surface area (Å²) >= 11 is 0. The molecule has 2 rings (SSSR count). The van der Waals surface area contributed by atoms with Gasteiger partial charge in [0.05, 0.1) is 40.0 Å². The summed E-state index contributed by atoms with van der Waals surface area (Å²) in [7, 11) is 16.8. The smallest absolute Gasteiger partial charge is 0.150 e. The lowest BCUT2D eigenvalue weighted by Gasteiger charge is -2.30. The summed E-state index contributed by atoms with van der Waals surface area (Å²) in [6.45, 7) is 6.51. The molecule has 2 aromatic carbocycles. The number of hydrogen-bond donors (Lipinski definition) is 0. The standard InChI is InChI=1S/C28H45N4O2S2/c1-29(17-18-31(3)27-12-14-28(34-6)15-13-27)19-22-35-36-23-21-32(4,5)20-7-16-30(2)26-10-8-25(24-33)9-11-26/h8-15,24H,7,16-23H2,1-6H3/q+1. The molecule has 0 N–H and O–H groups in total. The molecule has 0 amide bonds. The number of rotatable bonds is 18. The molecule has 0 unspecified atom stereocenters. The van der Waals surface area contributed by atoms with E-state index >= 15 is 0 Å². The van der Waals surface area contributed by atoms with Gasteiger partial charge in [0.2, 0.25) is 0 Å². The third-order valence-corrected chi connectivity index (χ3v) is 8.84. The van der Waals surface area contributed by atoms with Crippen LogP contribution in [0.1, 0.15) is 16.8 Å². The summed E-state index contributed by atoms with van der Waals surface area (Å²) in [5.74, 6) is 3.21. The van der Waals surface area contributed by atoms with E-state index in [1.807, 2.05) is 58.0 Å². The first kappa shape index (κ1) is 30.4. The fourth-order valence-electron chi connectivity index (χ4n) is 3.78. The Morgan fingerprint density at radius 2 is 1.36 bits per heavy atom. The van der Waals surface area contributed by atoms with E-state index in [1.54, 1.807) is 7.11 Å². The Kier molecular flexibility index (Phi) is 13.6. The molecule has 0 aliphatic heterocycles. The quantitative estimate of drug-likeness (QED) is 0.117. The maximum absolute atomic E-state index is 10.8. The Bertz CT molecular complexity index is 878. The largest absolute Gasteiger partial charge is 0.497 e. The summed E-state index contributed by atoms with van der Waals surface area (Å²) in [5.41, 5.74) is 3.11. The van der Waals surface area contributed by atoms with Crippen molar-refractivity contribution in [3.63, 3.8) is 0 Å². The van der Waals surface area contributed by atoms with E-state index in [1.165, 1.54) is 18.0 Å². The topological polar surface area (TPSA) is 36.0 Å². The minimum absolute atomic E-state index is 0.726. The molecule has 36 heavy (non-hydrogen) atoms. The number of anilines is 2. The molecule has 0 atom stereocenters. The maximum atomic E-state index is 10.8. The van der Waals surface area contributed by atoms with Crippen LogP contribution in [0.5, 0.6) is 5.75 Å². The summed E-state index contributed by atoms with van der Waals surface area (Å²) < 4.78 is 6.29. The SMILES string of the molecule is COc1ccc(N(C)CCN(C)CCSSCC[N+](C)(C)CCCN(C)c2ccc(C=O)cc2)cc1. The number of nitrogens with zero attached hydrogens (tertiary/aromatic N) is 4. The Morgan fingerprint density at radius 1 is 0.778 bits per heavy atom. The third-order valence-electron chi connectivity index (χ3n) is 6.48. The van der Waals surface area contributed by atoms with Gasteiger partial charge in [-0.2, -0.15) is 0 Å². The van der Waals surface area contributed by atoms with Crippen LogP contribution in [-0.2, 0) is 0 Å². The number of carbonyl (C=O) groups is 1. The van der Waals surface area contributed by atoms with E-state index in [4.69, 9.17) is 4.74 Å². The number of benzene rings is 2. The van der Waals surface area contributed by atoms with Gasteiger partial charge >= 0.3 is 0 Å². The normalized spacial score (nSPS) is 11.5. The first-order chi connectivity index (χ1) is 17.2. The second-order valence-electron chi connectivity index (χ2n) is 9.93. The molecule has 0 fully saturated rings. The lowest BCUT2D eigenvalue weighted by molar-refractivity contribution is -0.887. The molecule has 6 nitrogen and oxygen atoms in total. The van der Waals surface area contributed by atoms with Gasteiger partial charge in [-0.15, -0.1) is 0 Å². The van der Waals surface area contributed by atoms with Gasteiger partial charge in [0, 0.05) is 69.4 Å². The molecule has 0 aliphatic carbocycles. The Hall–Kier alpha value is -1.87. The molecular formula is C28H45N4O2S2+. The molecule has 0 heterocycles. The fraction of sp³-hybridized carbons (Fsp3) is 0.536. The molecule has 0 spiro atoms. The summed E-state index contributed by atoms with van der Waals surface area (Å²) in [6, 6.07) is 16.1. The van der Waals surface area contributed by atoms with E-state index in [0.717, 1.165) is 72.7 Å². The summed E-state index contributed by atoms with van der Waals surface area (Å²) in [4.78, 5) is 17.8. The number of methoxy groups -OCH3 is 1. The van der Waals surface area contributed by atoms with Crippen LogP contribution in [0, 0.1) is 0 Å². The van der Waals surface area contributed by atoms with Crippen molar-refractivity contribution in [2.75, 3.05) is 103 Å². The van der Waals surface area contributed by atoms with Gasteiger partial charge < -0.3 is 23.9 Å². The van der Waals surface area contributed by atoms with Gasteiger partial charge in [0.15, 0.2) is 0 Å². The van der Waals surface area contributed by atoms with Crippen molar-refractivity contribution in [1.29, 1.82) is 0 Å². The van der Waals surface area contributed by atoms with Crippen LogP contribution >= 0.6 is 21.6 Å². The Labute approximate surface area is 226 Å². The molecule has 0 saturated heterocycles. The van der Waals surface area contributed by atoms with E-state index in [0.29, 0.717) is 0 Å². The van der Waals surface area contributed by atoms with E-state index in [9.17, 15) is 4.79 Å². The van der Waals surface area contributed by atoms with Gasteiger partial charge in [-0.3, -0.25) is 4.79 Å². The van der Waals surface area contributed by atoms with Crippen LogP contribution in [0.4, 0.5) is 11.4 Å². The fourth-order valence-corrected chi connectivity index (χ4v) is 6.12. The summed E-state index contributed by atoms with van der Waals surface area (Å²) in [5, 5.41) is 0. The van der Waals surface area contributed by atoms with Crippen molar-refractivity contribution >= 4 is 39.2 Å². The maximum Gasteiger partial charge on any atom is 0.150 e. The zero-order valence-corrected chi connectivity index (χ0v) is 24.6. The van der Waals surface area contributed by atoms with E-state index < -0.39 is 0 Å². The zero-order chi connectivity index (χ0) is 26.4. The average molecular weight is 534 g/mol. The summed E-state index contributed by atoms with van der Waals surface area (Å²) in [6.07, 6.45) is 2.04. The van der Waals surface area contributed by atoms with Crippen LogP contribution in [0.25, 0.3) is 0 Å². The highest BCUT2D eigenvalue weighted by atomic mass is 33.1. The Balaban J connectivity index is 1.52. The molecule has 2 aromatic rings. The number of aldehydes is 1. The third kappa shape index (κ3) is 11.5. The van der Waals surface area contributed by atoms with Crippen LogP contribution in [0.15, 0.2) is 48.5 Å². The van der Waals surface area contributed by atoms with Gasteiger partial charge in [0.1, 0.15) is 12.0 Å². The monoisotopic (exact) mass is 533 g/mol. The van der Waals surface area contributed by atoms with E-state index in [-0.39, 0.29) is 0 Å². The lowest BCUT2D eigenvalue weighted by atomic mass is 10.2. The second kappa shape index (κ2) is 16.1. The van der Waals surface area contributed by atoms with Crippen molar-refractivity contribution < 1.29 is 14.0 Å². The predicted molar refractivity (Wildman–Crippen MR) is 160 cm³/mol. The molecule has 0 saturated carbocycles. The zero-order valence-electron chi connectivity index (χ0n) is 23.0.